The molecular formula is C14H14BrN3. The molecule has 92 valence electrons. The topological polar surface area (TPSA) is 37.8 Å². The highest BCUT2D eigenvalue weighted by molar-refractivity contribution is 9.10. The molecule has 0 unspecified atom stereocenters. The summed E-state index contributed by atoms with van der Waals surface area (Å²) in [6.07, 6.45) is 8.23. The summed E-state index contributed by atoms with van der Waals surface area (Å²) in [6.45, 7) is 0. The van der Waals surface area contributed by atoms with Crippen LogP contribution < -0.4 is 5.32 Å². The third kappa shape index (κ3) is 2.25. The van der Waals surface area contributed by atoms with Gasteiger partial charge in [-0.1, -0.05) is 12.1 Å². The zero-order chi connectivity index (χ0) is 12.4. The monoisotopic (exact) mass is 303 g/mol. The molecule has 4 heteroatoms. The van der Waals surface area contributed by atoms with Gasteiger partial charge in [-0.15, -0.1) is 0 Å². The molecule has 0 radical (unpaired) electrons. The molecule has 0 saturated carbocycles. The second-order valence-corrected chi connectivity index (χ2v) is 5.35. The van der Waals surface area contributed by atoms with Gasteiger partial charge in [-0.2, -0.15) is 0 Å². The average molecular weight is 304 g/mol. The van der Waals surface area contributed by atoms with Crippen molar-refractivity contribution in [3.05, 3.63) is 46.3 Å². The molecule has 0 aliphatic heterocycles. The molecule has 1 aliphatic rings. The smallest absolute Gasteiger partial charge is 0.148 e. The summed E-state index contributed by atoms with van der Waals surface area (Å²) in [7, 11) is 0. The summed E-state index contributed by atoms with van der Waals surface area (Å²) in [5, 5.41) is 3.40. The lowest BCUT2D eigenvalue weighted by Crippen LogP contribution is -2.06. The van der Waals surface area contributed by atoms with Crippen molar-refractivity contribution in [2.45, 2.75) is 25.7 Å². The number of hydrogen-bond donors (Lipinski definition) is 1. The first-order valence-electron chi connectivity index (χ1n) is 6.18. The number of aryl methyl sites for hydroxylation is 1. The van der Waals surface area contributed by atoms with Gasteiger partial charge < -0.3 is 5.32 Å². The number of hydrogen-bond acceptors (Lipinski definition) is 3. The third-order valence-corrected chi connectivity index (χ3v) is 3.90. The van der Waals surface area contributed by atoms with E-state index in [4.69, 9.17) is 0 Å². The van der Waals surface area contributed by atoms with Crippen molar-refractivity contribution in [3.8, 4) is 0 Å². The molecule has 1 aromatic heterocycles. The van der Waals surface area contributed by atoms with Crippen molar-refractivity contribution in [1.82, 2.24) is 9.97 Å². The molecule has 1 aromatic carbocycles. The Morgan fingerprint density at radius 3 is 2.94 bits per heavy atom. The highest BCUT2D eigenvalue weighted by Gasteiger charge is 2.13. The van der Waals surface area contributed by atoms with E-state index in [-0.39, 0.29) is 0 Å². The predicted molar refractivity (Wildman–Crippen MR) is 76.1 cm³/mol. The second kappa shape index (κ2) is 5.06. The summed E-state index contributed by atoms with van der Waals surface area (Å²) in [5.74, 6) is 0.823. The highest BCUT2D eigenvalue weighted by atomic mass is 79.9. The van der Waals surface area contributed by atoms with Crippen molar-refractivity contribution < 1.29 is 0 Å². The third-order valence-electron chi connectivity index (χ3n) is 3.32. The molecule has 3 nitrogen and oxygen atoms in total. The number of nitrogens with zero attached hydrogens (tertiary/aromatic N) is 2. The van der Waals surface area contributed by atoms with Gasteiger partial charge in [0.1, 0.15) is 12.1 Å². The summed E-state index contributed by atoms with van der Waals surface area (Å²) < 4.78 is 0.887. The van der Waals surface area contributed by atoms with Crippen molar-refractivity contribution in [2.24, 2.45) is 0 Å². The van der Waals surface area contributed by atoms with Crippen LogP contribution >= 0.6 is 15.9 Å². The van der Waals surface area contributed by atoms with Crippen molar-refractivity contribution >= 4 is 27.4 Å². The van der Waals surface area contributed by atoms with Crippen molar-refractivity contribution in [2.75, 3.05) is 5.32 Å². The zero-order valence-corrected chi connectivity index (χ0v) is 11.6. The molecule has 0 fully saturated rings. The minimum Gasteiger partial charge on any atom is -0.339 e. The summed E-state index contributed by atoms with van der Waals surface area (Å²) >= 11 is 3.46. The van der Waals surface area contributed by atoms with E-state index in [0.29, 0.717) is 0 Å². The lowest BCUT2D eigenvalue weighted by atomic mass is 9.90. The van der Waals surface area contributed by atoms with E-state index in [1.807, 2.05) is 0 Å². The van der Waals surface area contributed by atoms with Crippen molar-refractivity contribution in [3.63, 3.8) is 0 Å². The summed E-state index contributed by atoms with van der Waals surface area (Å²) in [5.41, 5.74) is 4.08. The Kier molecular flexibility index (Phi) is 3.28. The Morgan fingerprint density at radius 1 is 1.17 bits per heavy atom. The fourth-order valence-corrected chi connectivity index (χ4v) is 2.75. The molecule has 3 rings (SSSR count). The van der Waals surface area contributed by atoms with Gasteiger partial charge in [0.25, 0.3) is 0 Å². The van der Waals surface area contributed by atoms with Crippen LogP contribution in [0.2, 0.25) is 0 Å². The minimum atomic E-state index is 0.823. The van der Waals surface area contributed by atoms with Crippen LogP contribution in [0.1, 0.15) is 24.0 Å². The quantitative estimate of drug-likeness (QED) is 0.915. The molecule has 1 aliphatic carbocycles. The number of rotatable bonds is 2. The van der Waals surface area contributed by atoms with Gasteiger partial charge in [-0.05, 0) is 58.8 Å². The minimum absolute atomic E-state index is 0.823. The van der Waals surface area contributed by atoms with Gasteiger partial charge in [0.15, 0.2) is 0 Å². The van der Waals surface area contributed by atoms with E-state index in [2.05, 4.69) is 49.4 Å². The normalized spacial score (nSPS) is 14.1. The number of fused-ring (bicyclic) bond motifs is 1. The maximum Gasteiger partial charge on any atom is 0.148 e. The number of halogens is 1. The Morgan fingerprint density at radius 2 is 2.06 bits per heavy atom. The van der Waals surface area contributed by atoms with E-state index in [1.54, 1.807) is 12.5 Å². The molecule has 0 spiro atoms. The highest BCUT2D eigenvalue weighted by Crippen LogP contribution is 2.31. The van der Waals surface area contributed by atoms with Gasteiger partial charge >= 0.3 is 0 Å². The lowest BCUT2D eigenvalue weighted by molar-refractivity contribution is 0.687. The fraction of sp³-hybridized carbons (Fsp3) is 0.286. The molecule has 1 heterocycles. The second-order valence-electron chi connectivity index (χ2n) is 4.49. The van der Waals surface area contributed by atoms with Crippen LogP contribution in [0.3, 0.4) is 0 Å². The Labute approximate surface area is 115 Å². The van der Waals surface area contributed by atoms with E-state index in [9.17, 15) is 0 Å². The largest absolute Gasteiger partial charge is 0.339 e. The van der Waals surface area contributed by atoms with E-state index >= 15 is 0 Å². The molecule has 0 amide bonds. The van der Waals surface area contributed by atoms with Gasteiger partial charge in [-0.25, -0.2) is 9.97 Å². The lowest BCUT2D eigenvalue weighted by Gasteiger charge is -2.20. The van der Waals surface area contributed by atoms with Crippen LogP contribution in [0.4, 0.5) is 11.5 Å². The van der Waals surface area contributed by atoms with Gasteiger partial charge in [0.2, 0.25) is 0 Å². The molecule has 0 atom stereocenters. The van der Waals surface area contributed by atoms with E-state index in [0.717, 1.165) is 16.7 Å². The summed E-state index contributed by atoms with van der Waals surface area (Å²) in [4.78, 5) is 8.23. The molecule has 0 bridgehead atoms. The number of anilines is 2. The van der Waals surface area contributed by atoms with Crippen LogP contribution in [0.5, 0.6) is 0 Å². The fourth-order valence-electron chi connectivity index (χ4n) is 2.43. The SMILES string of the molecule is Brc1cncnc1Nc1cccc2c1CCCC2. The molecule has 0 saturated heterocycles. The molecule has 2 aromatic rings. The zero-order valence-electron chi connectivity index (χ0n) is 9.99. The summed E-state index contributed by atoms with van der Waals surface area (Å²) in [6, 6.07) is 6.47. The Balaban J connectivity index is 1.96. The van der Waals surface area contributed by atoms with Crippen molar-refractivity contribution in [1.29, 1.82) is 0 Å². The van der Waals surface area contributed by atoms with Gasteiger partial charge in [0, 0.05) is 11.9 Å². The number of nitrogens with one attached hydrogen (secondary N) is 1. The van der Waals surface area contributed by atoms with E-state index < -0.39 is 0 Å². The van der Waals surface area contributed by atoms with Crippen LogP contribution in [-0.2, 0) is 12.8 Å². The maximum atomic E-state index is 4.25. The Hall–Kier alpha value is -1.42. The number of aromatic nitrogens is 2. The first-order valence-corrected chi connectivity index (χ1v) is 6.97. The maximum absolute atomic E-state index is 4.25. The van der Waals surface area contributed by atoms with E-state index in [1.165, 1.54) is 36.1 Å². The standard InChI is InChI=1S/C14H14BrN3/c15-12-8-16-9-17-14(12)18-13-7-3-5-10-4-1-2-6-11(10)13/h3,5,7-9H,1-2,4,6H2,(H,16,17,18). The van der Waals surface area contributed by atoms with Crippen LogP contribution in [0.15, 0.2) is 35.2 Å². The average Bonchev–Trinajstić information content (AvgIpc) is 2.42. The van der Waals surface area contributed by atoms with Gasteiger partial charge in [-0.3, -0.25) is 0 Å². The van der Waals surface area contributed by atoms with Crippen LogP contribution in [0.25, 0.3) is 0 Å². The molecular weight excluding hydrogens is 290 g/mol. The first kappa shape index (κ1) is 11.7. The van der Waals surface area contributed by atoms with Crippen LogP contribution in [-0.4, -0.2) is 9.97 Å². The molecule has 18 heavy (non-hydrogen) atoms. The Bertz CT molecular complexity index is 569. The van der Waals surface area contributed by atoms with Gasteiger partial charge in [0.05, 0.1) is 4.47 Å². The predicted octanol–water partition coefficient (Wildman–Crippen LogP) is 3.86. The molecule has 1 N–H and O–H groups in total. The van der Waals surface area contributed by atoms with Crippen LogP contribution in [0, 0.1) is 0 Å². The number of benzene rings is 1. The first-order chi connectivity index (χ1) is 8.84.